The molecule has 0 saturated carbocycles. The predicted molar refractivity (Wildman–Crippen MR) is 191 cm³/mol. The van der Waals surface area contributed by atoms with E-state index in [1.54, 1.807) is 0 Å². The van der Waals surface area contributed by atoms with Gasteiger partial charge in [0.25, 0.3) is 0 Å². The highest BCUT2D eigenvalue weighted by atomic mass is 16.3. The summed E-state index contributed by atoms with van der Waals surface area (Å²) < 4.78 is 13.1. The third-order valence-electron chi connectivity index (χ3n) is 9.45. The molecule has 214 valence electrons. The Bertz CT molecular complexity index is 2470. The van der Waals surface area contributed by atoms with Crippen LogP contribution in [0, 0.1) is 0 Å². The summed E-state index contributed by atoms with van der Waals surface area (Å²) in [6.07, 6.45) is 0. The number of fused-ring (bicyclic) bond motifs is 2. The number of hydrogen-bond acceptors (Lipinski definition) is 2. The molecule has 2 heteroatoms. The zero-order valence-corrected chi connectivity index (χ0v) is 24.8. The van der Waals surface area contributed by atoms with E-state index >= 15 is 0 Å². The molecule has 0 saturated heterocycles. The number of rotatable bonds is 4. The smallest absolute Gasteiger partial charge is 0.136 e. The lowest BCUT2D eigenvalue weighted by Crippen LogP contribution is -1.93. The van der Waals surface area contributed by atoms with E-state index in [9.17, 15) is 0 Å². The van der Waals surface area contributed by atoms with E-state index in [4.69, 9.17) is 8.83 Å². The first-order chi connectivity index (χ1) is 22.8. The second-order valence-corrected chi connectivity index (χ2v) is 12.0. The van der Waals surface area contributed by atoms with E-state index in [1.165, 1.54) is 54.6 Å². The predicted octanol–water partition coefficient (Wildman–Crippen LogP) is 12.7. The van der Waals surface area contributed by atoms with Crippen LogP contribution in [-0.4, -0.2) is 0 Å². The molecule has 0 fully saturated rings. The average molecular weight is 587 g/mol. The summed E-state index contributed by atoms with van der Waals surface area (Å²) in [6.45, 7) is 0. The van der Waals surface area contributed by atoms with E-state index in [1.807, 2.05) is 24.3 Å². The van der Waals surface area contributed by atoms with Gasteiger partial charge >= 0.3 is 0 Å². The van der Waals surface area contributed by atoms with Gasteiger partial charge in [0.05, 0.1) is 0 Å². The molecule has 0 bridgehead atoms. The maximum atomic E-state index is 6.54. The minimum atomic E-state index is 0.872. The third-order valence-corrected chi connectivity index (χ3v) is 9.45. The van der Waals surface area contributed by atoms with Gasteiger partial charge in [-0.2, -0.15) is 0 Å². The van der Waals surface area contributed by atoms with Crippen molar-refractivity contribution in [2.45, 2.75) is 0 Å². The highest BCUT2D eigenvalue weighted by Gasteiger charge is 2.22. The fourth-order valence-corrected chi connectivity index (χ4v) is 7.34. The van der Waals surface area contributed by atoms with E-state index in [0.29, 0.717) is 0 Å². The molecule has 10 rings (SSSR count). The number of para-hydroxylation sites is 2. The van der Waals surface area contributed by atoms with Crippen LogP contribution in [0.4, 0.5) is 0 Å². The van der Waals surface area contributed by atoms with Crippen molar-refractivity contribution in [1.29, 1.82) is 0 Å². The van der Waals surface area contributed by atoms with Crippen molar-refractivity contribution < 1.29 is 8.83 Å². The fraction of sp³-hybridized carbons (Fsp3) is 0. The van der Waals surface area contributed by atoms with Crippen LogP contribution in [0.25, 0.3) is 99.2 Å². The molecule has 2 heterocycles. The van der Waals surface area contributed by atoms with Gasteiger partial charge in [-0.15, -0.1) is 0 Å². The lowest BCUT2D eigenvalue weighted by atomic mass is 9.83. The molecule has 0 atom stereocenters. The average Bonchev–Trinajstić information content (AvgIpc) is 3.76. The maximum Gasteiger partial charge on any atom is 0.136 e. The molecule has 0 aliphatic carbocycles. The van der Waals surface area contributed by atoms with Gasteiger partial charge in [-0.3, -0.25) is 0 Å². The monoisotopic (exact) mass is 586 g/mol. The summed E-state index contributed by atoms with van der Waals surface area (Å²) in [6, 6.07) is 56.0. The van der Waals surface area contributed by atoms with Crippen LogP contribution in [0.3, 0.4) is 0 Å². The first-order valence-corrected chi connectivity index (χ1v) is 15.7. The molecule has 8 aromatic carbocycles. The minimum Gasteiger partial charge on any atom is -0.456 e. The Balaban J connectivity index is 1.39. The lowest BCUT2D eigenvalue weighted by molar-refractivity contribution is 0.632. The molecule has 46 heavy (non-hydrogen) atoms. The summed E-state index contributed by atoms with van der Waals surface area (Å²) >= 11 is 0. The second kappa shape index (κ2) is 9.69. The first kappa shape index (κ1) is 25.2. The van der Waals surface area contributed by atoms with Crippen molar-refractivity contribution in [1.82, 2.24) is 0 Å². The van der Waals surface area contributed by atoms with Crippen LogP contribution in [-0.2, 0) is 0 Å². The lowest BCUT2D eigenvalue weighted by Gasteiger charge is -2.20. The highest BCUT2D eigenvalue weighted by molar-refractivity contribution is 6.31. The van der Waals surface area contributed by atoms with Crippen molar-refractivity contribution >= 4 is 54.3 Å². The zero-order chi connectivity index (χ0) is 30.2. The Kier molecular flexibility index (Phi) is 5.31. The quantitative estimate of drug-likeness (QED) is 0.192. The normalized spacial score (nSPS) is 11.9. The van der Waals surface area contributed by atoms with E-state index < -0.39 is 0 Å². The zero-order valence-electron chi connectivity index (χ0n) is 24.8. The van der Waals surface area contributed by atoms with Gasteiger partial charge in [0.15, 0.2) is 0 Å². The van der Waals surface area contributed by atoms with Gasteiger partial charge in [0, 0.05) is 21.9 Å². The Morgan fingerprint density at radius 1 is 0.304 bits per heavy atom. The van der Waals surface area contributed by atoms with Crippen LogP contribution >= 0.6 is 0 Å². The highest BCUT2D eigenvalue weighted by Crippen LogP contribution is 2.49. The SMILES string of the molecule is c1ccc(-c2cc(-c3cc4ccccc4o3)c3ccc4c(-c5ccccc5)cc(-c5cc6ccccc6o5)c5ccc2c3c45)cc1. The standard InChI is InChI=1S/C44H26O2/c1-3-11-27(12-4-1)35-25-37(41-23-29-15-7-9-17-39(29)45-41)33-22-20-32-36(28-13-5-2-6-14-28)26-38(34-21-19-31(35)43(33)44(32)34)42-24-30-16-8-10-18-40(30)46-42/h1-26H. The van der Waals surface area contributed by atoms with Crippen LogP contribution in [0.2, 0.25) is 0 Å². The first-order valence-electron chi connectivity index (χ1n) is 15.7. The molecular weight excluding hydrogens is 560 g/mol. The van der Waals surface area contributed by atoms with Gasteiger partial charge in [0.1, 0.15) is 22.7 Å². The fourth-order valence-electron chi connectivity index (χ4n) is 7.34. The molecule has 2 nitrogen and oxygen atoms in total. The second-order valence-electron chi connectivity index (χ2n) is 12.0. The Labute approximate surface area is 265 Å². The molecule has 0 aliphatic rings. The van der Waals surface area contributed by atoms with Crippen LogP contribution in [0.1, 0.15) is 0 Å². The Hall–Kier alpha value is -6.12. The summed E-state index contributed by atoms with van der Waals surface area (Å²) in [5.74, 6) is 1.74. The van der Waals surface area contributed by atoms with Gasteiger partial charge in [-0.25, -0.2) is 0 Å². The summed E-state index contributed by atoms with van der Waals surface area (Å²) in [5.41, 5.74) is 8.70. The maximum absolute atomic E-state index is 6.54. The van der Waals surface area contributed by atoms with Crippen molar-refractivity contribution in [3.05, 3.63) is 158 Å². The molecule has 10 aromatic rings. The van der Waals surface area contributed by atoms with Gasteiger partial charge in [-0.05, 0) is 91.0 Å². The van der Waals surface area contributed by atoms with Crippen LogP contribution < -0.4 is 0 Å². The topological polar surface area (TPSA) is 26.3 Å². The number of furan rings is 2. The minimum absolute atomic E-state index is 0.872. The molecular formula is C44H26O2. The summed E-state index contributed by atoms with van der Waals surface area (Å²) in [5, 5.41) is 9.47. The van der Waals surface area contributed by atoms with Crippen molar-refractivity contribution in [3.8, 4) is 44.9 Å². The number of hydrogen-bond donors (Lipinski definition) is 0. The third kappa shape index (κ3) is 3.71. The Morgan fingerprint density at radius 2 is 0.674 bits per heavy atom. The van der Waals surface area contributed by atoms with Crippen molar-refractivity contribution in [3.63, 3.8) is 0 Å². The molecule has 0 N–H and O–H groups in total. The largest absolute Gasteiger partial charge is 0.456 e. The molecule has 0 amide bonds. The van der Waals surface area contributed by atoms with Gasteiger partial charge < -0.3 is 8.83 Å². The molecule has 0 spiro atoms. The summed E-state index contributed by atoms with van der Waals surface area (Å²) in [7, 11) is 0. The molecule has 0 aliphatic heterocycles. The molecule has 2 aromatic heterocycles. The molecule has 0 radical (unpaired) electrons. The van der Waals surface area contributed by atoms with E-state index in [2.05, 4.69) is 133 Å². The van der Waals surface area contributed by atoms with E-state index in [0.717, 1.165) is 44.6 Å². The van der Waals surface area contributed by atoms with Crippen LogP contribution in [0.5, 0.6) is 0 Å². The summed E-state index contributed by atoms with van der Waals surface area (Å²) in [4.78, 5) is 0. The molecule has 0 unspecified atom stereocenters. The van der Waals surface area contributed by atoms with Crippen LogP contribution in [0.15, 0.2) is 167 Å². The van der Waals surface area contributed by atoms with E-state index in [-0.39, 0.29) is 0 Å². The Morgan fingerprint density at radius 3 is 1.09 bits per heavy atom. The van der Waals surface area contributed by atoms with Crippen molar-refractivity contribution in [2.24, 2.45) is 0 Å². The van der Waals surface area contributed by atoms with Gasteiger partial charge in [-0.1, -0.05) is 121 Å². The van der Waals surface area contributed by atoms with Crippen molar-refractivity contribution in [2.75, 3.05) is 0 Å². The number of benzene rings is 8. The van der Waals surface area contributed by atoms with Gasteiger partial charge in [0.2, 0.25) is 0 Å².